The van der Waals surface area contributed by atoms with Crippen LogP contribution in [0.2, 0.25) is 0 Å². The van der Waals surface area contributed by atoms with Crippen LogP contribution in [-0.2, 0) is 0 Å². The van der Waals surface area contributed by atoms with Crippen molar-refractivity contribution < 1.29 is 9.90 Å². The number of carbonyl (C=O) groups excluding carboxylic acids is 1. The highest BCUT2D eigenvalue weighted by Crippen LogP contribution is 2.26. The number of aryl methyl sites for hydroxylation is 4. The molecule has 33 heavy (non-hydrogen) atoms. The first-order valence-corrected chi connectivity index (χ1v) is 11.6. The second-order valence-electron chi connectivity index (χ2n) is 8.14. The number of benzene rings is 1. The van der Waals surface area contributed by atoms with Gasteiger partial charge in [-0.2, -0.15) is 15.0 Å². The Morgan fingerprint density at radius 2 is 1.76 bits per heavy atom. The third-order valence-corrected chi connectivity index (χ3v) is 6.37. The molecule has 10 nitrogen and oxygen atoms in total. The highest BCUT2D eigenvalue weighted by molar-refractivity contribution is 7.17. The zero-order valence-electron chi connectivity index (χ0n) is 19.2. The molecule has 1 aromatic carbocycles. The van der Waals surface area contributed by atoms with Gasteiger partial charge in [-0.3, -0.25) is 15.0 Å². The van der Waals surface area contributed by atoms with Crippen molar-refractivity contribution in [2.24, 2.45) is 0 Å². The van der Waals surface area contributed by atoms with E-state index in [2.05, 4.69) is 35.5 Å². The first-order chi connectivity index (χ1) is 15.8. The van der Waals surface area contributed by atoms with Gasteiger partial charge in [-0.05, 0) is 38.8 Å². The molecule has 1 aliphatic heterocycles. The molecule has 3 aromatic rings. The maximum Gasteiger partial charge on any atom is 0.267 e. The largest absolute Gasteiger partial charge is 0.381 e. The molecular weight excluding hydrogens is 440 g/mol. The second kappa shape index (κ2) is 9.77. The predicted octanol–water partition coefficient (Wildman–Crippen LogP) is 2.63. The molecule has 1 aliphatic rings. The Morgan fingerprint density at radius 1 is 1.06 bits per heavy atom. The molecule has 2 aromatic heterocycles. The lowest BCUT2D eigenvalue weighted by Gasteiger charge is -2.33. The fraction of sp³-hybridized carbons (Fsp3) is 0.409. The Balaban J connectivity index is 1.45. The zero-order chi connectivity index (χ0) is 23.5. The van der Waals surface area contributed by atoms with E-state index in [1.54, 1.807) is 6.20 Å². The van der Waals surface area contributed by atoms with E-state index in [9.17, 15) is 9.90 Å². The molecule has 4 rings (SSSR count). The Bertz CT molecular complexity index is 1130. The number of hydrogen-bond donors (Lipinski definition) is 3. The molecule has 0 atom stereocenters. The monoisotopic (exact) mass is 468 g/mol. The van der Waals surface area contributed by atoms with Crippen molar-refractivity contribution in [2.75, 3.05) is 48.4 Å². The average molecular weight is 469 g/mol. The van der Waals surface area contributed by atoms with Crippen molar-refractivity contribution in [3.05, 3.63) is 45.7 Å². The lowest BCUT2D eigenvalue weighted by molar-refractivity contribution is 0.101. The lowest BCUT2D eigenvalue weighted by Crippen LogP contribution is -2.47. The Labute approximate surface area is 196 Å². The summed E-state index contributed by atoms with van der Waals surface area (Å²) < 4.78 is 0. The fourth-order valence-electron chi connectivity index (χ4n) is 3.84. The number of hydrogen-bond acceptors (Lipinski definition) is 10. The Morgan fingerprint density at radius 3 is 2.42 bits per heavy atom. The third kappa shape index (κ3) is 5.44. The normalized spacial score (nSPS) is 14.4. The van der Waals surface area contributed by atoms with Gasteiger partial charge in [0.05, 0.1) is 12.9 Å². The van der Waals surface area contributed by atoms with Gasteiger partial charge in [0.25, 0.3) is 5.91 Å². The molecule has 0 bridgehead atoms. The van der Waals surface area contributed by atoms with Crippen LogP contribution < -0.4 is 15.5 Å². The maximum atomic E-state index is 12.8. The van der Waals surface area contributed by atoms with Crippen molar-refractivity contribution in [3.63, 3.8) is 0 Å². The number of aromatic nitrogens is 4. The molecule has 11 heteroatoms. The van der Waals surface area contributed by atoms with E-state index >= 15 is 0 Å². The van der Waals surface area contributed by atoms with Crippen LogP contribution in [-0.4, -0.2) is 68.8 Å². The number of amides is 1. The molecule has 0 unspecified atom stereocenters. The summed E-state index contributed by atoms with van der Waals surface area (Å²) in [5, 5.41) is 15.9. The van der Waals surface area contributed by atoms with Crippen LogP contribution in [0.1, 0.15) is 32.2 Å². The van der Waals surface area contributed by atoms with Gasteiger partial charge in [-0.1, -0.05) is 29.0 Å². The minimum Gasteiger partial charge on any atom is -0.381 e. The van der Waals surface area contributed by atoms with Crippen LogP contribution in [0.15, 0.2) is 18.3 Å². The van der Waals surface area contributed by atoms with Gasteiger partial charge in [0.2, 0.25) is 11.9 Å². The average Bonchev–Trinajstić information content (AvgIpc) is 3.24. The number of aliphatic hydroxyl groups excluding tert-OH is 1. The minimum atomic E-state index is -0.204. The molecule has 1 amide bonds. The van der Waals surface area contributed by atoms with Crippen LogP contribution >= 0.6 is 11.3 Å². The van der Waals surface area contributed by atoms with Gasteiger partial charge >= 0.3 is 0 Å². The van der Waals surface area contributed by atoms with Gasteiger partial charge < -0.3 is 15.3 Å². The molecule has 0 saturated carbocycles. The van der Waals surface area contributed by atoms with Crippen LogP contribution in [0.4, 0.5) is 22.7 Å². The summed E-state index contributed by atoms with van der Waals surface area (Å²) >= 11 is 1.24. The zero-order valence-corrected chi connectivity index (χ0v) is 20.0. The van der Waals surface area contributed by atoms with Gasteiger partial charge in [0.1, 0.15) is 10.7 Å². The quantitative estimate of drug-likeness (QED) is 0.501. The topological polar surface area (TPSA) is 119 Å². The number of nitrogens with zero attached hydrogens (tertiary/aromatic N) is 6. The van der Waals surface area contributed by atoms with E-state index in [1.165, 1.54) is 11.3 Å². The summed E-state index contributed by atoms with van der Waals surface area (Å²) in [4.78, 5) is 35.0. The summed E-state index contributed by atoms with van der Waals surface area (Å²) in [7, 11) is 0. The number of aliphatic hydroxyl groups is 1. The van der Waals surface area contributed by atoms with E-state index < -0.39 is 0 Å². The number of piperazine rings is 1. The minimum absolute atomic E-state index is 0.0554. The Hall–Kier alpha value is -3.15. The lowest BCUT2D eigenvalue weighted by atomic mass is 10.1. The van der Waals surface area contributed by atoms with Crippen molar-refractivity contribution >= 4 is 40.0 Å². The Kier molecular flexibility index (Phi) is 6.82. The molecule has 174 valence electrons. The summed E-state index contributed by atoms with van der Waals surface area (Å²) in [5.41, 5.74) is 4.04. The molecule has 1 fully saturated rings. The number of carbonyl (C=O) groups is 1. The number of anilines is 4. The van der Waals surface area contributed by atoms with Crippen molar-refractivity contribution in [1.29, 1.82) is 0 Å². The first-order valence-electron chi connectivity index (χ1n) is 10.8. The van der Waals surface area contributed by atoms with E-state index in [0.717, 1.165) is 48.6 Å². The number of thiazole rings is 1. The standard InChI is InChI=1S/C22H28N8O2S/c1-13-9-14(2)18(15(3)10-13)26-19(32)17-11-23-22(33-17)28-20-24-16(4)25-21(27-20)30-7-5-29(12-31)6-8-30/h9-11,31H,5-8,12H2,1-4H3,(H,26,32)(H,23,24,25,27,28). The first kappa shape index (κ1) is 23.0. The molecule has 0 aliphatic carbocycles. The van der Waals surface area contributed by atoms with Crippen LogP contribution in [0.5, 0.6) is 0 Å². The van der Waals surface area contributed by atoms with E-state index in [-0.39, 0.29) is 12.6 Å². The van der Waals surface area contributed by atoms with Gasteiger partial charge in [0, 0.05) is 31.9 Å². The van der Waals surface area contributed by atoms with Crippen LogP contribution in [0.25, 0.3) is 0 Å². The number of rotatable bonds is 6. The second-order valence-corrected chi connectivity index (χ2v) is 9.17. The van der Waals surface area contributed by atoms with Crippen molar-refractivity contribution in [1.82, 2.24) is 24.8 Å². The SMILES string of the molecule is Cc1cc(C)c(NC(=O)c2cnc(Nc3nc(C)nc(N4CCN(CO)CC4)n3)s2)c(C)c1. The predicted molar refractivity (Wildman–Crippen MR) is 129 cm³/mol. The van der Waals surface area contributed by atoms with E-state index in [0.29, 0.717) is 27.7 Å². The highest BCUT2D eigenvalue weighted by atomic mass is 32.1. The van der Waals surface area contributed by atoms with Crippen LogP contribution in [0, 0.1) is 27.7 Å². The third-order valence-electron chi connectivity index (χ3n) is 5.45. The summed E-state index contributed by atoms with van der Waals surface area (Å²) in [6.45, 7) is 10.8. The van der Waals surface area contributed by atoms with E-state index in [1.807, 2.05) is 44.7 Å². The van der Waals surface area contributed by atoms with Crippen molar-refractivity contribution in [3.8, 4) is 0 Å². The van der Waals surface area contributed by atoms with Gasteiger partial charge in [0.15, 0.2) is 5.13 Å². The molecule has 0 radical (unpaired) electrons. The number of nitrogens with one attached hydrogen (secondary N) is 2. The molecule has 3 N–H and O–H groups in total. The molecular formula is C22H28N8O2S. The molecule has 1 saturated heterocycles. The summed E-state index contributed by atoms with van der Waals surface area (Å²) in [6.07, 6.45) is 1.55. The van der Waals surface area contributed by atoms with Crippen LogP contribution in [0.3, 0.4) is 0 Å². The smallest absolute Gasteiger partial charge is 0.267 e. The maximum absolute atomic E-state index is 12.8. The summed E-state index contributed by atoms with van der Waals surface area (Å²) in [5.74, 6) is 1.35. The molecule has 3 heterocycles. The van der Waals surface area contributed by atoms with E-state index in [4.69, 9.17) is 0 Å². The van der Waals surface area contributed by atoms with Gasteiger partial charge in [-0.25, -0.2) is 4.98 Å². The summed E-state index contributed by atoms with van der Waals surface area (Å²) in [6, 6.07) is 4.10. The van der Waals surface area contributed by atoms with Gasteiger partial charge in [-0.15, -0.1) is 0 Å². The van der Waals surface area contributed by atoms with Crippen molar-refractivity contribution in [2.45, 2.75) is 27.7 Å². The molecule has 0 spiro atoms. The highest BCUT2D eigenvalue weighted by Gasteiger charge is 2.20. The fourth-order valence-corrected chi connectivity index (χ4v) is 4.54.